The topological polar surface area (TPSA) is 89.3 Å². The van der Waals surface area contributed by atoms with Crippen LogP contribution in [0.25, 0.3) is 0 Å². The summed E-state index contributed by atoms with van der Waals surface area (Å²) in [4.78, 5) is 18.8. The maximum atomic E-state index is 12.4. The molecule has 0 spiro atoms. The summed E-state index contributed by atoms with van der Waals surface area (Å²) in [7, 11) is 0. The zero-order valence-corrected chi connectivity index (χ0v) is 13.8. The van der Waals surface area contributed by atoms with E-state index in [0.717, 1.165) is 12.2 Å². The fraction of sp³-hybridized carbons (Fsp3) is 0.316. The molecule has 0 bridgehead atoms. The van der Waals surface area contributed by atoms with E-state index in [4.69, 9.17) is 5.26 Å². The Morgan fingerprint density at radius 1 is 1.32 bits per heavy atom. The van der Waals surface area contributed by atoms with Crippen LogP contribution in [0.3, 0.4) is 0 Å². The summed E-state index contributed by atoms with van der Waals surface area (Å²) in [6.45, 7) is 1.91. The average Bonchev–Trinajstić information content (AvgIpc) is 2.64. The van der Waals surface area contributed by atoms with Gasteiger partial charge in [0.05, 0.1) is 35.0 Å². The van der Waals surface area contributed by atoms with Crippen LogP contribution in [-0.4, -0.2) is 46.1 Å². The van der Waals surface area contributed by atoms with Crippen molar-refractivity contribution in [2.75, 3.05) is 13.1 Å². The second-order valence-electron chi connectivity index (χ2n) is 6.15. The second kappa shape index (κ2) is 7.88. The predicted octanol–water partition coefficient (Wildman–Crippen LogP) is 1.32. The lowest BCUT2D eigenvalue weighted by Gasteiger charge is -2.36. The molecule has 1 aromatic heterocycles. The van der Waals surface area contributed by atoms with Gasteiger partial charge in [0.2, 0.25) is 0 Å². The van der Waals surface area contributed by atoms with Gasteiger partial charge in [0.1, 0.15) is 0 Å². The summed E-state index contributed by atoms with van der Waals surface area (Å²) in [6, 6.07) is 14.2. The van der Waals surface area contributed by atoms with Gasteiger partial charge in [-0.25, -0.2) is 0 Å². The SMILES string of the molecule is N#Cc1ccccc1C(=O)N[C@@H]1CCN(Cc2ccccn2)C[C@H]1O. The van der Waals surface area contributed by atoms with Gasteiger partial charge in [0.15, 0.2) is 0 Å². The summed E-state index contributed by atoms with van der Waals surface area (Å²) >= 11 is 0. The number of carbonyl (C=O) groups is 1. The smallest absolute Gasteiger partial charge is 0.252 e. The van der Waals surface area contributed by atoms with E-state index in [1.807, 2.05) is 24.3 Å². The summed E-state index contributed by atoms with van der Waals surface area (Å²) in [5.74, 6) is -0.320. The number of pyridine rings is 1. The Morgan fingerprint density at radius 3 is 2.84 bits per heavy atom. The highest BCUT2D eigenvalue weighted by atomic mass is 16.3. The van der Waals surface area contributed by atoms with Crippen molar-refractivity contribution < 1.29 is 9.90 Å². The molecule has 2 atom stereocenters. The third-order valence-corrected chi connectivity index (χ3v) is 4.39. The molecular formula is C19H20N4O2. The zero-order valence-electron chi connectivity index (χ0n) is 13.8. The van der Waals surface area contributed by atoms with Gasteiger partial charge in [-0.3, -0.25) is 14.7 Å². The maximum Gasteiger partial charge on any atom is 0.252 e. The molecule has 0 aliphatic carbocycles. The minimum Gasteiger partial charge on any atom is -0.390 e. The lowest BCUT2D eigenvalue weighted by atomic mass is 10.00. The minimum atomic E-state index is -0.657. The van der Waals surface area contributed by atoms with Crippen molar-refractivity contribution in [1.82, 2.24) is 15.2 Å². The highest BCUT2D eigenvalue weighted by molar-refractivity contribution is 5.96. The van der Waals surface area contributed by atoms with Gasteiger partial charge in [-0.15, -0.1) is 0 Å². The van der Waals surface area contributed by atoms with E-state index in [0.29, 0.717) is 30.6 Å². The van der Waals surface area contributed by atoms with Crippen LogP contribution in [0.2, 0.25) is 0 Å². The number of aliphatic hydroxyl groups is 1. The lowest BCUT2D eigenvalue weighted by molar-refractivity contribution is 0.0345. The maximum absolute atomic E-state index is 12.4. The molecule has 3 rings (SSSR count). The van der Waals surface area contributed by atoms with Crippen molar-refractivity contribution in [3.63, 3.8) is 0 Å². The summed E-state index contributed by atoms with van der Waals surface area (Å²) in [6.07, 6.45) is 1.75. The molecule has 6 nitrogen and oxygen atoms in total. The van der Waals surface area contributed by atoms with Crippen LogP contribution >= 0.6 is 0 Å². The normalized spacial score (nSPS) is 20.6. The number of aromatic nitrogens is 1. The Balaban J connectivity index is 1.58. The Hall–Kier alpha value is -2.75. The molecule has 1 aromatic carbocycles. The Morgan fingerprint density at radius 2 is 2.12 bits per heavy atom. The van der Waals surface area contributed by atoms with Crippen LogP contribution in [-0.2, 0) is 6.54 Å². The molecule has 128 valence electrons. The van der Waals surface area contributed by atoms with Crippen LogP contribution < -0.4 is 5.32 Å². The number of β-amino-alcohol motifs (C(OH)–C–C–N with tert-alkyl or cyclic N) is 1. The first-order valence-corrected chi connectivity index (χ1v) is 8.27. The minimum absolute atomic E-state index is 0.320. The molecule has 1 saturated heterocycles. The van der Waals surface area contributed by atoms with E-state index >= 15 is 0 Å². The number of likely N-dealkylation sites (tertiary alicyclic amines) is 1. The number of carbonyl (C=O) groups excluding carboxylic acids is 1. The van der Waals surface area contributed by atoms with E-state index in [9.17, 15) is 9.90 Å². The molecule has 2 aromatic rings. The van der Waals surface area contributed by atoms with Gasteiger partial charge in [-0.2, -0.15) is 5.26 Å². The van der Waals surface area contributed by atoms with Crippen LogP contribution in [0.4, 0.5) is 0 Å². The van der Waals surface area contributed by atoms with E-state index in [1.165, 1.54) is 0 Å². The quantitative estimate of drug-likeness (QED) is 0.879. The van der Waals surface area contributed by atoms with Gasteiger partial charge < -0.3 is 10.4 Å². The monoisotopic (exact) mass is 336 g/mol. The van der Waals surface area contributed by atoms with Gasteiger partial charge in [0.25, 0.3) is 5.91 Å². The molecule has 0 radical (unpaired) electrons. The molecule has 1 aliphatic rings. The highest BCUT2D eigenvalue weighted by Crippen LogP contribution is 2.15. The van der Waals surface area contributed by atoms with Crippen LogP contribution in [0.1, 0.15) is 28.0 Å². The van der Waals surface area contributed by atoms with Crippen LogP contribution in [0, 0.1) is 11.3 Å². The highest BCUT2D eigenvalue weighted by Gasteiger charge is 2.29. The number of rotatable bonds is 4. The number of nitrogens with zero attached hydrogens (tertiary/aromatic N) is 3. The molecule has 2 N–H and O–H groups in total. The van der Waals surface area contributed by atoms with Gasteiger partial charge in [-0.1, -0.05) is 18.2 Å². The lowest BCUT2D eigenvalue weighted by Crippen LogP contribution is -2.53. The van der Waals surface area contributed by atoms with Crippen molar-refractivity contribution in [3.05, 3.63) is 65.5 Å². The van der Waals surface area contributed by atoms with E-state index in [1.54, 1.807) is 30.5 Å². The first-order chi connectivity index (χ1) is 12.2. The van der Waals surface area contributed by atoms with Crippen molar-refractivity contribution in [2.24, 2.45) is 0 Å². The first-order valence-electron chi connectivity index (χ1n) is 8.27. The number of amides is 1. The molecule has 1 fully saturated rings. The average molecular weight is 336 g/mol. The molecule has 2 heterocycles. The number of nitriles is 1. The van der Waals surface area contributed by atoms with Crippen LogP contribution in [0.5, 0.6) is 0 Å². The molecule has 0 unspecified atom stereocenters. The number of hydrogen-bond donors (Lipinski definition) is 2. The van der Waals surface area contributed by atoms with E-state index in [-0.39, 0.29) is 11.9 Å². The fourth-order valence-electron chi connectivity index (χ4n) is 3.05. The molecule has 25 heavy (non-hydrogen) atoms. The third-order valence-electron chi connectivity index (χ3n) is 4.39. The summed E-state index contributed by atoms with van der Waals surface area (Å²) in [5, 5.41) is 22.4. The number of benzene rings is 1. The molecule has 1 amide bonds. The predicted molar refractivity (Wildman–Crippen MR) is 92.5 cm³/mol. The molecule has 6 heteroatoms. The van der Waals surface area contributed by atoms with E-state index < -0.39 is 6.10 Å². The Labute approximate surface area is 146 Å². The number of nitrogens with one attached hydrogen (secondary N) is 1. The second-order valence-corrected chi connectivity index (χ2v) is 6.15. The van der Waals surface area contributed by atoms with Gasteiger partial charge in [0, 0.05) is 25.8 Å². The van der Waals surface area contributed by atoms with E-state index in [2.05, 4.69) is 15.2 Å². The van der Waals surface area contributed by atoms with Crippen LogP contribution in [0.15, 0.2) is 48.7 Å². The molecule has 1 aliphatic heterocycles. The Bertz CT molecular complexity index is 772. The number of piperidine rings is 1. The standard InChI is InChI=1S/C19H20N4O2/c20-11-14-5-1-2-7-16(14)19(25)22-17-8-10-23(13-18(17)24)12-15-6-3-4-9-21-15/h1-7,9,17-18,24H,8,10,12-13H2,(H,22,25)/t17-,18-/m1/s1. The van der Waals surface area contributed by atoms with Crippen molar-refractivity contribution >= 4 is 5.91 Å². The number of hydrogen-bond acceptors (Lipinski definition) is 5. The summed E-state index contributed by atoms with van der Waals surface area (Å²) < 4.78 is 0. The van der Waals surface area contributed by atoms with Crippen molar-refractivity contribution in [2.45, 2.75) is 25.1 Å². The summed E-state index contributed by atoms with van der Waals surface area (Å²) in [5.41, 5.74) is 1.63. The van der Waals surface area contributed by atoms with Crippen molar-refractivity contribution in [3.8, 4) is 6.07 Å². The third kappa shape index (κ3) is 4.21. The zero-order chi connectivity index (χ0) is 17.6. The number of aliphatic hydroxyl groups excluding tert-OH is 1. The van der Waals surface area contributed by atoms with Crippen molar-refractivity contribution in [1.29, 1.82) is 5.26 Å². The van der Waals surface area contributed by atoms with Gasteiger partial charge >= 0.3 is 0 Å². The Kier molecular flexibility index (Phi) is 5.39. The fourth-order valence-corrected chi connectivity index (χ4v) is 3.05. The molecular weight excluding hydrogens is 316 g/mol. The molecule has 0 saturated carbocycles. The van der Waals surface area contributed by atoms with Gasteiger partial charge in [-0.05, 0) is 30.7 Å². The first kappa shape index (κ1) is 17.1. The largest absolute Gasteiger partial charge is 0.390 e.